The summed E-state index contributed by atoms with van der Waals surface area (Å²) >= 11 is 0. The van der Waals surface area contributed by atoms with Crippen molar-refractivity contribution in [1.82, 2.24) is 0 Å². The lowest BCUT2D eigenvalue weighted by Gasteiger charge is -2.05. The first kappa shape index (κ1) is 9.93. The van der Waals surface area contributed by atoms with Crippen molar-refractivity contribution in [3.8, 4) is 0 Å². The minimum absolute atomic E-state index is 0.437. The number of alkyl halides is 1. The highest BCUT2D eigenvalue weighted by atomic mass is 19.1. The lowest BCUT2D eigenvalue weighted by Crippen LogP contribution is -1.96. The molecule has 0 spiro atoms. The highest BCUT2D eigenvalue weighted by Gasteiger charge is 1.99. The molecule has 0 fully saturated rings. The van der Waals surface area contributed by atoms with Gasteiger partial charge in [0.1, 0.15) is 6.67 Å². The van der Waals surface area contributed by atoms with Crippen LogP contribution >= 0.6 is 0 Å². The molecule has 0 aliphatic rings. The van der Waals surface area contributed by atoms with Gasteiger partial charge in [0.2, 0.25) is 0 Å². The van der Waals surface area contributed by atoms with Gasteiger partial charge in [-0.3, -0.25) is 0 Å². The first-order valence-corrected chi connectivity index (χ1v) is 4.20. The van der Waals surface area contributed by atoms with Crippen LogP contribution in [0.4, 0.5) is 4.39 Å². The van der Waals surface area contributed by atoms with Crippen molar-refractivity contribution in [2.24, 2.45) is 0 Å². The fraction of sp³-hybridized carbons (Fsp3) is 0.273. The average molecular weight is 180 g/mol. The van der Waals surface area contributed by atoms with Gasteiger partial charge in [-0.15, -0.1) is 6.58 Å². The second-order valence-corrected chi connectivity index (χ2v) is 2.71. The zero-order chi connectivity index (χ0) is 9.52. The minimum atomic E-state index is -0.437. The quantitative estimate of drug-likeness (QED) is 0.500. The number of rotatable bonds is 5. The first-order chi connectivity index (χ1) is 6.38. The van der Waals surface area contributed by atoms with E-state index in [4.69, 9.17) is 4.74 Å². The molecular formula is C11H13FO. The number of hydrogen-bond acceptors (Lipinski definition) is 1. The van der Waals surface area contributed by atoms with Gasteiger partial charge in [0, 0.05) is 0 Å². The second-order valence-electron chi connectivity index (χ2n) is 2.71. The molecule has 0 atom stereocenters. The molecule has 1 aromatic carbocycles. The Bertz CT molecular complexity index is 271. The van der Waals surface area contributed by atoms with Gasteiger partial charge in [0.05, 0.1) is 13.2 Å². The summed E-state index contributed by atoms with van der Waals surface area (Å²) in [5, 5.41) is 0. The molecule has 2 heteroatoms. The van der Waals surface area contributed by atoms with E-state index in [1.165, 1.54) is 0 Å². The summed E-state index contributed by atoms with van der Waals surface area (Å²) < 4.78 is 17.6. The smallest absolute Gasteiger partial charge is 0.115 e. The third kappa shape index (κ3) is 2.99. The maximum Gasteiger partial charge on any atom is 0.115 e. The van der Waals surface area contributed by atoms with Crippen LogP contribution in [-0.4, -0.2) is 6.61 Å². The van der Waals surface area contributed by atoms with Crippen molar-refractivity contribution >= 4 is 0 Å². The van der Waals surface area contributed by atoms with Crippen LogP contribution in [0.25, 0.3) is 0 Å². The minimum Gasteiger partial charge on any atom is -0.373 e. The molecule has 0 aliphatic heterocycles. The Morgan fingerprint density at radius 1 is 1.31 bits per heavy atom. The van der Waals surface area contributed by atoms with Crippen LogP contribution in [-0.2, 0) is 18.0 Å². The van der Waals surface area contributed by atoms with Gasteiger partial charge in [-0.25, -0.2) is 4.39 Å². The van der Waals surface area contributed by atoms with E-state index in [9.17, 15) is 4.39 Å². The van der Waals surface area contributed by atoms with Crippen LogP contribution < -0.4 is 0 Å². The average Bonchev–Trinajstić information content (AvgIpc) is 2.19. The van der Waals surface area contributed by atoms with E-state index in [0.717, 1.165) is 5.56 Å². The molecule has 0 aromatic heterocycles. The summed E-state index contributed by atoms with van der Waals surface area (Å²) in [6.45, 7) is 4.05. The molecule has 0 N–H and O–H groups in total. The number of hydrogen-bond donors (Lipinski definition) is 0. The van der Waals surface area contributed by atoms with E-state index < -0.39 is 6.67 Å². The molecule has 1 rings (SSSR count). The number of benzene rings is 1. The van der Waals surface area contributed by atoms with Gasteiger partial charge in [-0.1, -0.05) is 30.3 Å². The molecule has 0 heterocycles. The van der Waals surface area contributed by atoms with Crippen LogP contribution in [0.1, 0.15) is 11.1 Å². The van der Waals surface area contributed by atoms with Gasteiger partial charge in [-0.05, 0) is 11.1 Å². The summed E-state index contributed by atoms with van der Waals surface area (Å²) in [6.07, 6.45) is 1.68. The van der Waals surface area contributed by atoms with Gasteiger partial charge < -0.3 is 4.74 Å². The van der Waals surface area contributed by atoms with E-state index in [-0.39, 0.29) is 0 Å². The Balaban J connectivity index is 2.58. The van der Waals surface area contributed by atoms with Crippen LogP contribution in [0.5, 0.6) is 0 Å². The fourth-order valence-electron chi connectivity index (χ4n) is 1.08. The first-order valence-electron chi connectivity index (χ1n) is 4.20. The maximum atomic E-state index is 12.4. The highest BCUT2D eigenvalue weighted by Crippen LogP contribution is 2.11. The topological polar surface area (TPSA) is 9.23 Å². The molecule has 0 saturated carbocycles. The summed E-state index contributed by atoms with van der Waals surface area (Å²) in [6, 6.07) is 7.35. The molecule has 0 amide bonds. The summed E-state index contributed by atoms with van der Waals surface area (Å²) in [5.41, 5.74) is 1.61. The zero-order valence-corrected chi connectivity index (χ0v) is 7.50. The van der Waals surface area contributed by atoms with E-state index in [2.05, 4.69) is 6.58 Å². The lowest BCUT2D eigenvalue weighted by molar-refractivity contribution is 0.147. The molecule has 0 radical (unpaired) electrons. The monoisotopic (exact) mass is 180 g/mol. The number of halogens is 1. The van der Waals surface area contributed by atoms with Gasteiger partial charge >= 0.3 is 0 Å². The Kier molecular flexibility index (Phi) is 4.19. The molecule has 0 saturated heterocycles. The van der Waals surface area contributed by atoms with E-state index in [1.807, 2.05) is 18.2 Å². The Hall–Kier alpha value is -1.15. The summed E-state index contributed by atoms with van der Waals surface area (Å²) in [7, 11) is 0. The van der Waals surface area contributed by atoms with Crippen molar-refractivity contribution < 1.29 is 9.13 Å². The SMILES string of the molecule is C=CCOCc1ccccc1CF. The van der Waals surface area contributed by atoms with Gasteiger partial charge in [-0.2, -0.15) is 0 Å². The van der Waals surface area contributed by atoms with Crippen LogP contribution in [0, 0.1) is 0 Å². The maximum absolute atomic E-state index is 12.4. The van der Waals surface area contributed by atoms with Crippen molar-refractivity contribution in [2.75, 3.05) is 6.61 Å². The highest BCUT2D eigenvalue weighted by molar-refractivity contribution is 5.25. The molecule has 70 valence electrons. The van der Waals surface area contributed by atoms with Crippen LogP contribution in [0.2, 0.25) is 0 Å². The molecule has 0 aliphatic carbocycles. The molecule has 1 aromatic rings. The van der Waals surface area contributed by atoms with Crippen molar-refractivity contribution in [3.05, 3.63) is 48.0 Å². The summed E-state index contributed by atoms with van der Waals surface area (Å²) in [4.78, 5) is 0. The Morgan fingerprint density at radius 3 is 2.62 bits per heavy atom. The summed E-state index contributed by atoms with van der Waals surface area (Å²) in [5.74, 6) is 0. The van der Waals surface area contributed by atoms with E-state index >= 15 is 0 Å². The largest absolute Gasteiger partial charge is 0.373 e. The molecule has 13 heavy (non-hydrogen) atoms. The Labute approximate surface area is 77.8 Å². The standard InChI is InChI=1S/C11H13FO/c1-2-7-13-9-11-6-4-3-5-10(11)8-12/h2-6H,1,7-9H2. The molecular weight excluding hydrogens is 167 g/mol. The fourth-order valence-corrected chi connectivity index (χ4v) is 1.08. The third-order valence-corrected chi connectivity index (χ3v) is 1.76. The van der Waals surface area contributed by atoms with Crippen LogP contribution in [0.15, 0.2) is 36.9 Å². The van der Waals surface area contributed by atoms with Crippen molar-refractivity contribution in [2.45, 2.75) is 13.3 Å². The van der Waals surface area contributed by atoms with Crippen molar-refractivity contribution in [1.29, 1.82) is 0 Å². The number of ether oxygens (including phenoxy) is 1. The van der Waals surface area contributed by atoms with E-state index in [0.29, 0.717) is 18.8 Å². The van der Waals surface area contributed by atoms with Crippen molar-refractivity contribution in [3.63, 3.8) is 0 Å². The normalized spacial score (nSPS) is 9.92. The van der Waals surface area contributed by atoms with E-state index in [1.54, 1.807) is 12.1 Å². The predicted molar refractivity (Wildman–Crippen MR) is 51.1 cm³/mol. The Morgan fingerprint density at radius 2 is 2.00 bits per heavy atom. The zero-order valence-electron chi connectivity index (χ0n) is 7.50. The molecule has 1 nitrogen and oxygen atoms in total. The lowest BCUT2D eigenvalue weighted by atomic mass is 10.1. The molecule has 0 unspecified atom stereocenters. The second kappa shape index (κ2) is 5.49. The third-order valence-electron chi connectivity index (χ3n) is 1.76. The van der Waals surface area contributed by atoms with Crippen LogP contribution in [0.3, 0.4) is 0 Å². The predicted octanol–water partition coefficient (Wildman–Crippen LogP) is 2.86. The van der Waals surface area contributed by atoms with Gasteiger partial charge in [0.25, 0.3) is 0 Å². The molecule has 0 bridgehead atoms. The van der Waals surface area contributed by atoms with Gasteiger partial charge in [0.15, 0.2) is 0 Å².